The van der Waals surface area contributed by atoms with Crippen molar-refractivity contribution in [1.29, 1.82) is 0 Å². The molecule has 5 nitrogen and oxygen atoms in total. The first-order valence-electron chi connectivity index (χ1n) is 8.79. The molecule has 1 heterocycles. The van der Waals surface area contributed by atoms with Gasteiger partial charge < -0.3 is 14.2 Å². The van der Waals surface area contributed by atoms with E-state index in [4.69, 9.17) is 25.8 Å². The van der Waals surface area contributed by atoms with Crippen LogP contribution in [-0.2, 0) is 9.53 Å². The molecule has 0 aromatic heterocycles. The summed E-state index contributed by atoms with van der Waals surface area (Å²) in [5.74, 6) is 0.944. The molecule has 1 aliphatic rings. The van der Waals surface area contributed by atoms with E-state index in [0.717, 1.165) is 9.13 Å². The number of rotatable bonds is 6. The second-order valence-corrected chi connectivity index (χ2v) is 7.92. The van der Waals surface area contributed by atoms with Crippen molar-refractivity contribution in [3.05, 3.63) is 61.8 Å². The third-order valence-electron chi connectivity index (χ3n) is 3.71. The van der Waals surface area contributed by atoms with Crippen molar-refractivity contribution in [2.24, 2.45) is 4.99 Å². The number of ether oxygens (including phenoxy) is 3. The normalized spacial score (nSPS) is 15.0. The molecule has 0 amide bonds. The van der Waals surface area contributed by atoms with E-state index >= 15 is 0 Å². The molecule has 28 heavy (non-hydrogen) atoms. The first-order chi connectivity index (χ1) is 13.4. The van der Waals surface area contributed by atoms with E-state index in [1.54, 1.807) is 12.1 Å². The number of halogens is 2. The highest BCUT2D eigenvalue weighted by Crippen LogP contribution is 2.31. The maximum absolute atomic E-state index is 12.3. The highest BCUT2D eigenvalue weighted by molar-refractivity contribution is 14.1. The number of carbonyl (C=O) groups excluding carboxylic acids is 1. The second-order valence-electron chi connectivity index (χ2n) is 6.27. The zero-order chi connectivity index (χ0) is 20.3. The lowest BCUT2D eigenvalue weighted by Gasteiger charge is -2.14. The minimum Gasteiger partial charge on any atom is -0.490 e. The predicted octanol–water partition coefficient (Wildman–Crippen LogP) is 5.48. The molecule has 2 aromatic rings. The molecule has 0 saturated heterocycles. The summed E-state index contributed by atoms with van der Waals surface area (Å²) >= 11 is 8.39. The molecule has 1 aliphatic heterocycles. The molecule has 2 aromatic carbocycles. The molecule has 146 valence electrons. The van der Waals surface area contributed by atoms with Crippen molar-refractivity contribution in [1.82, 2.24) is 0 Å². The number of hydrogen-bond acceptors (Lipinski definition) is 5. The lowest BCUT2D eigenvalue weighted by atomic mass is 10.1. The van der Waals surface area contributed by atoms with E-state index in [1.807, 2.05) is 51.1 Å². The minimum absolute atomic E-state index is 0.0267. The number of cyclic esters (lactones) is 1. The number of hydrogen-bond donors (Lipinski definition) is 0. The van der Waals surface area contributed by atoms with Crippen molar-refractivity contribution >= 4 is 52.1 Å². The van der Waals surface area contributed by atoms with Crippen molar-refractivity contribution in [3.63, 3.8) is 0 Å². The van der Waals surface area contributed by atoms with Crippen LogP contribution in [0.25, 0.3) is 6.08 Å². The summed E-state index contributed by atoms with van der Waals surface area (Å²) < 4.78 is 17.7. The molecule has 0 saturated carbocycles. The summed E-state index contributed by atoms with van der Waals surface area (Å²) in [6.07, 6.45) is 1.68. The largest absolute Gasteiger partial charge is 0.490 e. The molecule has 7 heteroatoms. The Morgan fingerprint density at radius 2 is 2.00 bits per heavy atom. The van der Waals surface area contributed by atoms with Gasteiger partial charge in [-0.15, -0.1) is 0 Å². The standard InChI is InChI=1S/C21H19ClINO4/c1-4-26-19-10-13(5-8-18(19)27-12(2)3)9-17-21(25)28-20(24-17)15-11-14(23)6-7-16(15)22/h5-12H,4H2,1-3H3/b17-9-. The molecule has 0 fully saturated rings. The van der Waals surface area contributed by atoms with Gasteiger partial charge in [-0.3, -0.25) is 0 Å². The topological polar surface area (TPSA) is 57.1 Å². The van der Waals surface area contributed by atoms with Crippen LogP contribution in [0.4, 0.5) is 0 Å². The summed E-state index contributed by atoms with van der Waals surface area (Å²) in [5.41, 5.74) is 1.54. The molecule has 3 rings (SSSR count). The maximum Gasteiger partial charge on any atom is 0.363 e. The molecule has 0 atom stereocenters. The Labute approximate surface area is 182 Å². The first kappa shape index (κ1) is 20.7. The second kappa shape index (κ2) is 8.96. The molecule has 0 radical (unpaired) electrons. The van der Waals surface area contributed by atoms with Crippen LogP contribution in [0, 0.1) is 3.57 Å². The molecule has 0 spiro atoms. The average molecular weight is 512 g/mol. The van der Waals surface area contributed by atoms with Gasteiger partial charge in [-0.05, 0) is 85.3 Å². The predicted molar refractivity (Wildman–Crippen MR) is 118 cm³/mol. The molecule has 0 aliphatic carbocycles. The number of nitrogens with zero attached hydrogens (tertiary/aromatic N) is 1. The smallest absolute Gasteiger partial charge is 0.363 e. The number of esters is 1. The van der Waals surface area contributed by atoms with Crippen molar-refractivity contribution in [2.45, 2.75) is 26.9 Å². The Balaban J connectivity index is 1.94. The molecule has 0 unspecified atom stereocenters. The average Bonchev–Trinajstić information content (AvgIpc) is 2.99. The van der Waals surface area contributed by atoms with E-state index in [2.05, 4.69) is 27.6 Å². The zero-order valence-electron chi connectivity index (χ0n) is 15.7. The van der Waals surface area contributed by atoms with Gasteiger partial charge in [0.25, 0.3) is 0 Å². The molecular formula is C21H19ClINO4. The van der Waals surface area contributed by atoms with Gasteiger partial charge in [0.15, 0.2) is 17.2 Å². The summed E-state index contributed by atoms with van der Waals surface area (Å²) in [4.78, 5) is 16.6. The Morgan fingerprint density at radius 1 is 1.21 bits per heavy atom. The highest BCUT2D eigenvalue weighted by Gasteiger charge is 2.26. The number of carbonyl (C=O) groups is 1. The van der Waals surface area contributed by atoms with Gasteiger partial charge in [-0.1, -0.05) is 17.7 Å². The molecule has 0 bridgehead atoms. The van der Waals surface area contributed by atoms with Crippen molar-refractivity contribution in [3.8, 4) is 11.5 Å². The van der Waals surface area contributed by atoms with Gasteiger partial charge in [0, 0.05) is 3.57 Å². The monoisotopic (exact) mass is 511 g/mol. The third-order valence-corrected chi connectivity index (χ3v) is 4.71. The molecular weight excluding hydrogens is 493 g/mol. The van der Waals surface area contributed by atoms with Crippen LogP contribution in [0.3, 0.4) is 0 Å². The zero-order valence-corrected chi connectivity index (χ0v) is 18.6. The quantitative estimate of drug-likeness (QED) is 0.293. The summed E-state index contributed by atoms with van der Waals surface area (Å²) in [5, 5.41) is 0.474. The maximum atomic E-state index is 12.3. The number of aliphatic imine (C=N–C) groups is 1. The SMILES string of the molecule is CCOc1cc(/C=C2\N=C(c3cc(I)ccc3Cl)OC2=O)ccc1OC(C)C. The van der Waals surface area contributed by atoms with Crippen LogP contribution in [0.15, 0.2) is 47.1 Å². The Kier molecular flexibility index (Phi) is 6.61. The molecule has 0 N–H and O–H groups in total. The van der Waals surface area contributed by atoms with Gasteiger partial charge >= 0.3 is 5.97 Å². The van der Waals surface area contributed by atoms with Gasteiger partial charge in [0.05, 0.1) is 23.3 Å². The first-order valence-corrected chi connectivity index (χ1v) is 10.2. The summed E-state index contributed by atoms with van der Waals surface area (Å²) in [6.45, 7) is 6.31. The van der Waals surface area contributed by atoms with E-state index in [1.165, 1.54) is 0 Å². The fourth-order valence-electron chi connectivity index (χ4n) is 2.58. The van der Waals surface area contributed by atoms with E-state index < -0.39 is 5.97 Å². The van der Waals surface area contributed by atoms with Crippen molar-refractivity contribution in [2.75, 3.05) is 6.61 Å². The van der Waals surface area contributed by atoms with Gasteiger partial charge in [0.2, 0.25) is 5.90 Å². The minimum atomic E-state index is -0.523. The summed E-state index contributed by atoms with van der Waals surface area (Å²) in [6, 6.07) is 10.9. The van der Waals surface area contributed by atoms with Gasteiger partial charge in [-0.25, -0.2) is 9.79 Å². The lowest BCUT2D eigenvalue weighted by Crippen LogP contribution is -2.07. The van der Waals surface area contributed by atoms with Gasteiger partial charge in [-0.2, -0.15) is 0 Å². The van der Waals surface area contributed by atoms with Crippen LogP contribution in [0.1, 0.15) is 31.9 Å². The fraction of sp³-hybridized carbons (Fsp3) is 0.238. The van der Waals surface area contributed by atoms with Crippen molar-refractivity contribution < 1.29 is 19.0 Å². The van der Waals surface area contributed by atoms with E-state index in [9.17, 15) is 4.79 Å². The van der Waals surface area contributed by atoms with E-state index in [-0.39, 0.29) is 17.7 Å². The van der Waals surface area contributed by atoms with Crippen LogP contribution in [0.2, 0.25) is 5.02 Å². The van der Waals surface area contributed by atoms with Crippen LogP contribution in [-0.4, -0.2) is 24.6 Å². The highest BCUT2D eigenvalue weighted by atomic mass is 127. The Hall–Kier alpha value is -2.06. The fourth-order valence-corrected chi connectivity index (χ4v) is 3.27. The number of benzene rings is 2. The van der Waals surface area contributed by atoms with E-state index in [0.29, 0.717) is 28.7 Å². The Morgan fingerprint density at radius 3 is 2.71 bits per heavy atom. The summed E-state index contributed by atoms with van der Waals surface area (Å²) in [7, 11) is 0. The van der Waals surface area contributed by atoms with Crippen LogP contribution in [0.5, 0.6) is 11.5 Å². The van der Waals surface area contributed by atoms with Crippen LogP contribution >= 0.6 is 34.2 Å². The van der Waals surface area contributed by atoms with Crippen LogP contribution < -0.4 is 9.47 Å². The van der Waals surface area contributed by atoms with Gasteiger partial charge in [0.1, 0.15) is 0 Å². The Bertz CT molecular complexity index is 969. The third kappa shape index (κ3) is 4.86. The lowest BCUT2D eigenvalue weighted by molar-refractivity contribution is -0.129.